The Hall–Kier alpha value is -2.58. The molecule has 0 aliphatic rings. The van der Waals surface area contributed by atoms with Gasteiger partial charge in [-0.05, 0) is 30.3 Å². The molecule has 26 heavy (non-hydrogen) atoms. The monoisotopic (exact) mass is 396 g/mol. The van der Waals surface area contributed by atoms with Crippen molar-refractivity contribution < 1.29 is 22.7 Å². The molecule has 1 amide bonds. The average molecular weight is 397 g/mol. The van der Waals surface area contributed by atoms with Crippen LogP contribution in [0.25, 0.3) is 0 Å². The lowest BCUT2D eigenvalue weighted by atomic mass is 10.1. The summed E-state index contributed by atoms with van der Waals surface area (Å²) in [6.45, 7) is 0. The number of halogens is 1. The van der Waals surface area contributed by atoms with E-state index in [0.29, 0.717) is 0 Å². The number of carbonyl (C=O) groups is 2. The smallest absolute Gasteiger partial charge is 0.339 e. The molecule has 0 saturated carbocycles. The second-order valence-electron chi connectivity index (χ2n) is 5.39. The van der Waals surface area contributed by atoms with Gasteiger partial charge >= 0.3 is 5.97 Å². The molecular formula is C17H17ClN2O5S. The molecule has 2 rings (SSSR count). The van der Waals surface area contributed by atoms with Crippen molar-refractivity contribution in [2.24, 2.45) is 0 Å². The number of anilines is 2. The highest BCUT2D eigenvalue weighted by Crippen LogP contribution is 2.28. The normalized spacial score (nSPS) is 10.9. The molecule has 0 radical (unpaired) electrons. The van der Waals surface area contributed by atoms with Crippen molar-refractivity contribution in [3.05, 3.63) is 58.6 Å². The second-order valence-corrected chi connectivity index (χ2v) is 7.81. The number of esters is 1. The molecule has 0 heterocycles. The molecule has 9 heteroatoms. The third kappa shape index (κ3) is 4.33. The SMILES string of the molecule is COC(=O)c1ccccc1NC(=O)c1ccc(Cl)c(N(C)S(C)(=O)=O)c1. The molecule has 0 fully saturated rings. The summed E-state index contributed by atoms with van der Waals surface area (Å²) >= 11 is 6.05. The molecule has 138 valence electrons. The Morgan fingerprint density at radius 3 is 2.42 bits per heavy atom. The fourth-order valence-electron chi connectivity index (χ4n) is 2.15. The van der Waals surface area contributed by atoms with Gasteiger partial charge in [0.2, 0.25) is 10.0 Å². The first-order valence-corrected chi connectivity index (χ1v) is 9.60. The van der Waals surface area contributed by atoms with Crippen LogP contribution in [0.15, 0.2) is 42.5 Å². The quantitative estimate of drug-likeness (QED) is 0.784. The minimum atomic E-state index is -3.55. The Balaban J connectivity index is 2.36. The van der Waals surface area contributed by atoms with Gasteiger partial charge in [-0.3, -0.25) is 9.10 Å². The van der Waals surface area contributed by atoms with Crippen LogP contribution in [0.4, 0.5) is 11.4 Å². The molecule has 0 atom stereocenters. The van der Waals surface area contributed by atoms with Crippen LogP contribution < -0.4 is 9.62 Å². The van der Waals surface area contributed by atoms with Gasteiger partial charge in [-0.1, -0.05) is 23.7 Å². The van der Waals surface area contributed by atoms with Crippen LogP contribution in [-0.4, -0.2) is 40.7 Å². The fourth-order valence-corrected chi connectivity index (χ4v) is 2.95. The van der Waals surface area contributed by atoms with Crippen molar-refractivity contribution >= 4 is 44.9 Å². The summed E-state index contributed by atoms with van der Waals surface area (Å²) in [4.78, 5) is 24.3. The lowest BCUT2D eigenvalue weighted by Gasteiger charge is -2.19. The Morgan fingerprint density at radius 2 is 1.81 bits per heavy atom. The van der Waals surface area contributed by atoms with E-state index in [9.17, 15) is 18.0 Å². The first-order chi connectivity index (χ1) is 12.1. The van der Waals surface area contributed by atoms with E-state index < -0.39 is 21.9 Å². The maximum absolute atomic E-state index is 12.5. The highest BCUT2D eigenvalue weighted by molar-refractivity contribution is 7.92. The molecule has 0 spiro atoms. The number of ether oxygens (including phenoxy) is 1. The zero-order valence-electron chi connectivity index (χ0n) is 14.3. The van der Waals surface area contributed by atoms with Crippen LogP contribution in [0.2, 0.25) is 5.02 Å². The van der Waals surface area contributed by atoms with Crippen LogP contribution in [0.5, 0.6) is 0 Å². The summed E-state index contributed by atoms with van der Waals surface area (Å²) in [5.41, 5.74) is 0.825. The molecule has 0 aromatic heterocycles. The number of carbonyl (C=O) groups excluding carboxylic acids is 2. The van der Waals surface area contributed by atoms with Gasteiger partial charge in [0.05, 0.1) is 35.3 Å². The van der Waals surface area contributed by atoms with E-state index >= 15 is 0 Å². The topological polar surface area (TPSA) is 92.8 Å². The summed E-state index contributed by atoms with van der Waals surface area (Å²) in [6, 6.07) is 10.6. The second kappa shape index (κ2) is 7.76. The van der Waals surface area contributed by atoms with Crippen LogP contribution in [0.3, 0.4) is 0 Å². The van der Waals surface area contributed by atoms with Gasteiger partial charge in [-0.15, -0.1) is 0 Å². The number of para-hydroxylation sites is 1. The Labute approximate surface area is 156 Å². The van der Waals surface area contributed by atoms with E-state index in [1.807, 2.05) is 0 Å². The fraction of sp³-hybridized carbons (Fsp3) is 0.176. The molecule has 0 bridgehead atoms. The molecule has 2 aromatic carbocycles. The number of hydrogen-bond acceptors (Lipinski definition) is 5. The van der Waals surface area contributed by atoms with Gasteiger partial charge in [-0.2, -0.15) is 0 Å². The number of nitrogens with one attached hydrogen (secondary N) is 1. The number of amides is 1. The van der Waals surface area contributed by atoms with Crippen molar-refractivity contribution in [3.8, 4) is 0 Å². The maximum atomic E-state index is 12.5. The Bertz CT molecular complexity index is 959. The van der Waals surface area contributed by atoms with Gasteiger partial charge in [0.1, 0.15) is 0 Å². The van der Waals surface area contributed by atoms with E-state index in [2.05, 4.69) is 10.1 Å². The zero-order chi connectivity index (χ0) is 19.5. The predicted octanol–water partition coefficient (Wildman–Crippen LogP) is 2.77. The molecule has 0 aliphatic carbocycles. The average Bonchev–Trinajstić information content (AvgIpc) is 2.60. The van der Waals surface area contributed by atoms with Crippen LogP contribution >= 0.6 is 11.6 Å². The lowest BCUT2D eigenvalue weighted by Crippen LogP contribution is -2.25. The third-order valence-corrected chi connectivity index (χ3v) is 5.14. The summed E-state index contributed by atoms with van der Waals surface area (Å²) in [5.74, 6) is -1.12. The Morgan fingerprint density at radius 1 is 1.15 bits per heavy atom. The van der Waals surface area contributed by atoms with Gasteiger partial charge in [0.15, 0.2) is 0 Å². The van der Waals surface area contributed by atoms with E-state index in [0.717, 1.165) is 10.6 Å². The van der Waals surface area contributed by atoms with E-state index in [1.165, 1.54) is 38.4 Å². The standard InChI is InChI=1S/C17H17ClN2O5S/c1-20(26(3,23)24)15-10-11(8-9-13(15)18)16(21)19-14-7-5-4-6-12(14)17(22)25-2/h4-10H,1-3H3,(H,19,21). The van der Waals surface area contributed by atoms with Crippen molar-refractivity contribution in [2.75, 3.05) is 30.0 Å². The third-order valence-electron chi connectivity index (χ3n) is 3.63. The molecule has 1 N–H and O–H groups in total. The maximum Gasteiger partial charge on any atom is 0.339 e. The summed E-state index contributed by atoms with van der Waals surface area (Å²) in [7, 11) is -0.964. The minimum Gasteiger partial charge on any atom is -0.465 e. The van der Waals surface area contributed by atoms with E-state index in [-0.39, 0.29) is 27.5 Å². The highest BCUT2D eigenvalue weighted by Gasteiger charge is 2.19. The first-order valence-electron chi connectivity index (χ1n) is 7.37. The number of nitrogens with zero attached hydrogens (tertiary/aromatic N) is 1. The van der Waals surface area contributed by atoms with Gasteiger partial charge in [0, 0.05) is 12.6 Å². The van der Waals surface area contributed by atoms with Gasteiger partial charge in [-0.25, -0.2) is 13.2 Å². The summed E-state index contributed by atoms with van der Waals surface area (Å²) in [6.07, 6.45) is 1.03. The highest BCUT2D eigenvalue weighted by atomic mass is 35.5. The van der Waals surface area contributed by atoms with Crippen molar-refractivity contribution in [2.45, 2.75) is 0 Å². The number of rotatable bonds is 5. The number of benzene rings is 2. The largest absolute Gasteiger partial charge is 0.465 e. The zero-order valence-corrected chi connectivity index (χ0v) is 15.9. The predicted molar refractivity (Wildman–Crippen MR) is 100 cm³/mol. The van der Waals surface area contributed by atoms with Crippen LogP contribution in [-0.2, 0) is 14.8 Å². The van der Waals surface area contributed by atoms with Crippen LogP contribution in [0, 0.1) is 0 Å². The molecular weight excluding hydrogens is 380 g/mol. The first kappa shape index (κ1) is 19.7. The Kier molecular flexibility index (Phi) is 5.89. The minimum absolute atomic E-state index is 0.170. The lowest BCUT2D eigenvalue weighted by molar-refractivity contribution is 0.0602. The molecule has 0 aliphatic heterocycles. The van der Waals surface area contributed by atoms with Crippen molar-refractivity contribution in [1.82, 2.24) is 0 Å². The molecule has 2 aromatic rings. The number of sulfonamides is 1. The van der Waals surface area contributed by atoms with Crippen LogP contribution in [0.1, 0.15) is 20.7 Å². The van der Waals surface area contributed by atoms with Crippen molar-refractivity contribution in [1.29, 1.82) is 0 Å². The summed E-state index contributed by atoms with van der Waals surface area (Å²) < 4.78 is 29.1. The van der Waals surface area contributed by atoms with Crippen molar-refractivity contribution in [3.63, 3.8) is 0 Å². The molecule has 0 unspecified atom stereocenters. The molecule has 7 nitrogen and oxygen atoms in total. The van der Waals surface area contributed by atoms with E-state index in [4.69, 9.17) is 11.6 Å². The number of methoxy groups -OCH3 is 1. The summed E-state index contributed by atoms with van der Waals surface area (Å²) in [5, 5.41) is 2.80. The molecule has 0 saturated heterocycles. The van der Waals surface area contributed by atoms with Gasteiger partial charge < -0.3 is 10.1 Å². The number of hydrogen-bond donors (Lipinski definition) is 1. The van der Waals surface area contributed by atoms with Gasteiger partial charge in [0.25, 0.3) is 5.91 Å². The van der Waals surface area contributed by atoms with E-state index in [1.54, 1.807) is 18.2 Å².